The van der Waals surface area contributed by atoms with Crippen LogP contribution in [0.2, 0.25) is 0 Å². The Morgan fingerprint density at radius 1 is 1.13 bits per heavy atom. The van der Waals surface area contributed by atoms with Crippen molar-refractivity contribution in [2.75, 3.05) is 13.2 Å². The van der Waals surface area contributed by atoms with Crippen LogP contribution in [0.5, 0.6) is 0 Å². The smallest absolute Gasteiger partial charge is 0.394 e. The van der Waals surface area contributed by atoms with Gasteiger partial charge < -0.3 is 45.0 Å². The van der Waals surface area contributed by atoms with E-state index in [4.69, 9.17) is 9.47 Å². The molecule has 39 heavy (non-hydrogen) atoms. The van der Waals surface area contributed by atoms with Crippen molar-refractivity contribution in [3.63, 3.8) is 0 Å². The Bertz CT molecular complexity index is 1240. The number of aromatic nitrogens is 2. The molecule has 8 N–H and O–H groups in total. The molecule has 2 unspecified atom stereocenters. The van der Waals surface area contributed by atoms with E-state index in [1.54, 1.807) is 0 Å². The molecule has 1 amide bonds. The summed E-state index contributed by atoms with van der Waals surface area (Å²) in [5.74, 6) is -0.851. The number of hydrogen-bond acceptors (Lipinski definition) is 14. The molecule has 1 aromatic heterocycles. The topological polar surface area (TPSA) is 286 Å². The highest BCUT2D eigenvalue weighted by molar-refractivity contribution is 7.61. The number of carbonyl (C=O) groups is 1. The van der Waals surface area contributed by atoms with E-state index in [9.17, 15) is 58.1 Å². The Hall–Kier alpha value is -1.90. The van der Waals surface area contributed by atoms with Gasteiger partial charge in [-0.1, -0.05) is 0 Å². The molecule has 0 radical (unpaired) electrons. The van der Waals surface area contributed by atoms with Gasteiger partial charge in [0.25, 0.3) is 5.56 Å². The van der Waals surface area contributed by atoms with Crippen molar-refractivity contribution >= 4 is 21.6 Å². The molecule has 19 nitrogen and oxygen atoms in total. The molecule has 0 saturated carbocycles. The third-order valence-electron chi connectivity index (χ3n) is 5.51. The molecule has 1 aromatic rings. The fourth-order valence-corrected chi connectivity index (χ4v) is 5.89. The van der Waals surface area contributed by atoms with Crippen molar-refractivity contribution in [3.8, 4) is 0 Å². The first-order chi connectivity index (χ1) is 18.0. The van der Waals surface area contributed by atoms with E-state index in [-0.39, 0.29) is 0 Å². The van der Waals surface area contributed by atoms with Crippen LogP contribution in [0.15, 0.2) is 21.9 Å². The van der Waals surface area contributed by atoms with Crippen LogP contribution in [-0.2, 0) is 36.8 Å². The lowest BCUT2D eigenvalue weighted by Crippen LogP contribution is -2.63. The van der Waals surface area contributed by atoms with Crippen LogP contribution in [0.4, 0.5) is 4.39 Å². The zero-order chi connectivity index (χ0) is 29.3. The molecule has 3 heterocycles. The van der Waals surface area contributed by atoms with E-state index in [1.165, 1.54) is 0 Å². The summed E-state index contributed by atoms with van der Waals surface area (Å²) >= 11 is 0. The fourth-order valence-electron chi connectivity index (χ4n) is 3.73. The number of amides is 1. The van der Waals surface area contributed by atoms with E-state index in [0.29, 0.717) is 4.57 Å². The van der Waals surface area contributed by atoms with Crippen molar-refractivity contribution < 1.29 is 71.4 Å². The van der Waals surface area contributed by atoms with Gasteiger partial charge in [-0.15, -0.1) is 0 Å². The van der Waals surface area contributed by atoms with Crippen molar-refractivity contribution in [3.05, 3.63) is 33.1 Å². The maximum absolute atomic E-state index is 14.2. The molecule has 2 aliphatic heterocycles. The van der Waals surface area contributed by atoms with E-state index < -0.39 is 101 Å². The highest BCUT2D eigenvalue weighted by Crippen LogP contribution is 2.61. The number of aliphatic hydroxyl groups excluding tert-OH is 4. The molecule has 0 spiro atoms. The van der Waals surface area contributed by atoms with Gasteiger partial charge >= 0.3 is 21.3 Å². The second-order valence-corrected chi connectivity index (χ2v) is 11.4. The highest BCUT2D eigenvalue weighted by atomic mass is 31.3. The molecule has 2 saturated heterocycles. The van der Waals surface area contributed by atoms with Crippen LogP contribution in [-0.4, -0.2) is 108 Å². The van der Waals surface area contributed by atoms with Crippen LogP contribution < -0.4 is 16.6 Å². The minimum atomic E-state index is -5.67. The second-order valence-electron chi connectivity index (χ2n) is 8.37. The number of carbonyl (C=O) groups excluding carboxylic acids is 1. The molecule has 0 aromatic carbocycles. The number of hydrogen-bond donors (Lipinski definition) is 8. The first-order valence-electron chi connectivity index (χ1n) is 10.9. The van der Waals surface area contributed by atoms with Crippen LogP contribution in [0.25, 0.3) is 0 Å². The summed E-state index contributed by atoms with van der Waals surface area (Å²) in [4.78, 5) is 56.3. The third-order valence-corrected chi connectivity index (χ3v) is 8.11. The first-order valence-corrected chi connectivity index (χ1v) is 13.9. The highest BCUT2D eigenvalue weighted by Gasteiger charge is 2.51. The Kier molecular flexibility index (Phi) is 9.98. The third kappa shape index (κ3) is 7.65. The standard InChI is InChI=1S/C17H26FN3O16P2/c1-6(23)19-11-13(26)10(18)7(4-22)35-16(11)36-39(31,32)37-38(29,30)33-5-8-12(25)14(27)15(34-8)21-3-2-9(24)20-17(21)28/h2-3,7-8,10-16,22,25-27H,4-5H2,1H3,(H,19,23)(H,29,30)(H,31,32)(H,20,24,28)/t7-,8-,10+,11-,12-,13+,14-,15-,16-/m1/s1. The minimum Gasteiger partial charge on any atom is -0.394 e. The zero-order valence-corrected chi connectivity index (χ0v) is 21.5. The quantitative estimate of drug-likeness (QED) is 0.119. The summed E-state index contributed by atoms with van der Waals surface area (Å²) in [6.07, 6.45) is -14.1. The van der Waals surface area contributed by atoms with E-state index >= 15 is 0 Å². The van der Waals surface area contributed by atoms with Gasteiger partial charge in [-0.2, -0.15) is 4.31 Å². The zero-order valence-electron chi connectivity index (χ0n) is 19.8. The molecule has 22 heteroatoms. The van der Waals surface area contributed by atoms with Gasteiger partial charge in [0, 0.05) is 19.2 Å². The molecule has 0 bridgehead atoms. The van der Waals surface area contributed by atoms with Crippen LogP contribution in [0.3, 0.4) is 0 Å². The molecule has 11 atom stereocenters. The summed E-state index contributed by atoms with van der Waals surface area (Å²) < 4.78 is 63.1. The summed E-state index contributed by atoms with van der Waals surface area (Å²) in [5, 5.41) is 41.7. The average molecular weight is 609 g/mol. The van der Waals surface area contributed by atoms with Crippen molar-refractivity contribution in [2.45, 2.75) is 62.2 Å². The summed E-state index contributed by atoms with van der Waals surface area (Å²) in [6, 6.07) is -0.898. The number of nitrogens with one attached hydrogen (secondary N) is 2. The number of alkyl halides is 1. The number of halogens is 1. The molecule has 3 rings (SSSR count). The number of nitrogens with zero attached hydrogens (tertiary/aromatic N) is 1. The number of H-pyrrole nitrogens is 1. The molecule has 0 aliphatic carbocycles. The predicted octanol–water partition coefficient (Wildman–Crippen LogP) is -3.67. The number of ether oxygens (including phenoxy) is 2. The summed E-state index contributed by atoms with van der Waals surface area (Å²) in [6.45, 7) is -1.12. The number of phosphoric ester groups is 2. The lowest BCUT2D eigenvalue weighted by molar-refractivity contribution is -0.233. The van der Waals surface area contributed by atoms with Crippen LogP contribution >= 0.6 is 15.6 Å². The van der Waals surface area contributed by atoms with Crippen LogP contribution in [0, 0.1) is 0 Å². The number of phosphoric acid groups is 2. The SMILES string of the molecule is CC(=O)N[C@H]1[C@@H](OP(=O)(O)OP(=O)(O)OC[C@H]2O[C@@H](n3ccc(=O)[nH]c3=O)[C@H](O)[C@@H]2O)O[C@H](CO)[C@H](F)[C@@H]1O. The Balaban J connectivity index is 1.66. The van der Waals surface area contributed by atoms with E-state index in [0.717, 1.165) is 19.2 Å². The minimum absolute atomic E-state index is 0.714. The summed E-state index contributed by atoms with van der Waals surface area (Å²) in [5.41, 5.74) is -1.77. The van der Waals surface area contributed by atoms with Gasteiger partial charge in [-0.05, 0) is 0 Å². The lowest BCUT2D eigenvalue weighted by atomic mass is 9.98. The maximum atomic E-state index is 14.2. The normalized spacial score (nSPS) is 36.2. The van der Waals surface area contributed by atoms with Gasteiger partial charge in [0.1, 0.15) is 36.6 Å². The lowest BCUT2D eigenvalue weighted by Gasteiger charge is -2.41. The van der Waals surface area contributed by atoms with Crippen molar-refractivity contribution in [2.24, 2.45) is 0 Å². The van der Waals surface area contributed by atoms with E-state index in [2.05, 4.69) is 13.4 Å². The molecule has 2 fully saturated rings. The Morgan fingerprint density at radius 2 is 1.79 bits per heavy atom. The van der Waals surface area contributed by atoms with Crippen LogP contribution in [0.1, 0.15) is 13.2 Å². The summed E-state index contributed by atoms with van der Waals surface area (Å²) in [7, 11) is -11.2. The molecule has 2 aliphatic rings. The number of aromatic amines is 1. The molecular formula is C17H26FN3O16P2. The number of aliphatic hydroxyl groups is 4. The van der Waals surface area contributed by atoms with Crippen molar-refractivity contribution in [1.82, 2.24) is 14.9 Å². The Morgan fingerprint density at radius 3 is 2.38 bits per heavy atom. The molecule has 222 valence electrons. The van der Waals surface area contributed by atoms with Gasteiger partial charge in [0.15, 0.2) is 18.7 Å². The largest absolute Gasteiger partial charge is 0.483 e. The maximum Gasteiger partial charge on any atom is 0.483 e. The monoisotopic (exact) mass is 609 g/mol. The first kappa shape index (κ1) is 31.6. The van der Waals surface area contributed by atoms with Crippen molar-refractivity contribution in [1.29, 1.82) is 0 Å². The Labute approximate surface area is 216 Å². The van der Waals surface area contributed by atoms with Gasteiger partial charge in [0.2, 0.25) is 5.91 Å². The molecular weight excluding hydrogens is 583 g/mol. The second kappa shape index (κ2) is 12.3. The fraction of sp³-hybridized carbons (Fsp3) is 0.706. The van der Waals surface area contributed by atoms with E-state index in [1.807, 2.05) is 10.3 Å². The average Bonchev–Trinajstić information content (AvgIpc) is 3.10. The van der Waals surface area contributed by atoms with Gasteiger partial charge in [-0.25, -0.2) is 18.3 Å². The van der Waals surface area contributed by atoms with Gasteiger partial charge in [-0.3, -0.25) is 28.2 Å². The number of rotatable bonds is 10. The van der Waals surface area contributed by atoms with Gasteiger partial charge in [0.05, 0.1) is 13.2 Å². The predicted molar refractivity (Wildman–Crippen MR) is 119 cm³/mol.